The van der Waals surface area contributed by atoms with Crippen molar-refractivity contribution in [3.63, 3.8) is 0 Å². The van der Waals surface area contributed by atoms with Gasteiger partial charge >= 0.3 is 0 Å². The minimum Gasteiger partial charge on any atom is -0.495 e. The number of sulfonamides is 1. The number of methoxy groups -OCH3 is 1. The Kier molecular flexibility index (Phi) is 6.50. The van der Waals surface area contributed by atoms with Crippen LogP contribution >= 0.6 is 0 Å². The molecule has 9 heteroatoms. The Morgan fingerprint density at radius 2 is 1.97 bits per heavy atom. The Hall–Kier alpha value is -3.33. The molecule has 2 aromatic carbocycles. The van der Waals surface area contributed by atoms with Crippen LogP contribution in [0.1, 0.15) is 16.8 Å². The SMILES string of the molecule is COc1ccccc1NS(=O)(=O)c1cccc(C(=O)NCCCn2cccn2)c1. The standard InChI is InChI=1S/C20H22N4O4S/c1-28-19-10-3-2-9-18(19)23-29(26,27)17-8-4-7-16(15-17)20(25)21-11-5-13-24-14-6-12-22-24/h2-4,6-10,12,14-15,23H,5,11,13H2,1H3,(H,21,25). The minimum absolute atomic E-state index is 0.00685. The minimum atomic E-state index is -3.88. The highest BCUT2D eigenvalue weighted by Crippen LogP contribution is 2.26. The van der Waals surface area contributed by atoms with Crippen LogP contribution in [-0.4, -0.2) is 37.8 Å². The van der Waals surface area contributed by atoms with Gasteiger partial charge in [0.05, 0.1) is 17.7 Å². The van der Waals surface area contributed by atoms with Crippen molar-refractivity contribution in [3.8, 4) is 5.75 Å². The zero-order valence-corrected chi connectivity index (χ0v) is 16.7. The average molecular weight is 414 g/mol. The van der Waals surface area contributed by atoms with Crippen LogP contribution < -0.4 is 14.8 Å². The molecule has 0 unspecified atom stereocenters. The number of amides is 1. The van der Waals surface area contributed by atoms with Gasteiger partial charge in [-0.2, -0.15) is 5.10 Å². The summed E-state index contributed by atoms with van der Waals surface area (Å²) in [5, 5.41) is 6.89. The average Bonchev–Trinajstić information content (AvgIpc) is 3.25. The zero-order valence-electron chi connectivity index (χ0n) is 15.9. The first-order valence-electron chi connectivity index (χ1n) is 9.01. The van der Waals surface area contributed by atoms with E-state index in [0.717, 1.165) is 0 Å². The number of carbonyl (C=O) groups excluding carboxylic acids is 1. The number of nitrogens with one attached hydrogen (secondary N) is 2. The van der Waals surface area contributed by atoms with Gasteiger partial charge in [0.25, 0.3) is 15.9 Å². The number of rotatable bonds is 9. The molecule has 0 radical (unpaired) electrons. The van der Waals surface area contributed by atoms with Crippen molar-refractivity contribution in [1.82, 2.24) is 15.1 Å². The molecular formula is C20H22N4O4S. The molecule has 0 saturated heterocycles. The number of ether oxygens (including phenoxy) is 1. The van der Waals surface area contributed by atoms with Crippen LogP contribution in [0.15, 0.2) is 71.9 Å². The summed E-state index contributed by atoms with van der Waals surface area (Å²) < 4.78 is 34.9. The third-order valence-electron chi connectivity index (χ3n) is 4.17. The summed E-state index contributed by atoms with van der Waals surface area (Å²) in [5.74, 6) is 0.0713. The second-order valence-electron chi connectivity index (χ2n) is 6.21. The number of aromatic nitrogens is 2. The smallest absolute Gasteiger partial charge is 0.262 e. The van der Waals surface area contributed by atoms with E-state index in [1.165, 1.54) is 25.3 Å². The number of benzene rings is 2. The van der Waals surface area contributed by atoms with E-state index in [-0.39, 0.29) is 16.4 Å². The molecule has 3 aromatic rings. The lowest BCUT2D eigenvalue weighted by atomic mass is 10.2. The number of anilines is 1. The van der Waals surface area contributed by atoms with E-state index >= 15 is 0 Å². The Morgan fingerprint density at radius 3 is 2.72 bits per heavy atom. The lowest BCUT2D eigenvalue weighted by molar-refractivity contribution is 0.0952. The molecule has 0 fully saturated rings. The van der Waals surface area contributed by atoms with Crippen LogP contribution in [0.2, 0.25) is 0 Å². The van der Waals surface area contributed by atoms with E-state index in [0.29, 0.717) is 30.9 Å². The van der Waals surface area contributed by atoms with Gasteiger partial charge in [0.2, 0.25) is 0 Å². The fourth-order valence-corrected chi connectivity index (χ4v) is 3.83. The summed E-state index contributed by atoms with van der Waals surface area (Å²) in [4.78, 5) is 12.4. The molecule has 1 heterocycles. The second-order valence-corrected chi connectivity index (χ2v) is 7.89. The van der Waals surface area contributed by atoms with E-state index in [9.17, 15) is 13.2 Å². The molecule has 0 aliphatic rings. The number of nitrogens with zero attached hydrogens (tertiary/aromatic N) is 2. The van der Waals surface area contributed by atoms with Crippen molar-refractivity contribution in [2.45, 2.75) is 17.9 Å². The van der Waals surface area contributed by atoms with Crippen LogP contribution in [-0.2, 0) is 16.6 Å². The lowest BCUT2D eigenvalue weighted by Crippen LogP contribution is -2.25. The molecule has 0 aliphatic carbocycles. The summed E-state index contributed by atoms with van der Waals surface area (Å²) >= 11 is 0. The predicted octanol–water partition coefficient (Wildman–Crippen LogP) is 2.51. The topological polar surface area (TPSA) is 102 Å². The van der Waals surface area contributed by atoms with Crippen LogP contribution in [0.3, 0.4) is 0 Å². The maximum absolute atomic E-state index is 12.7. The largest absolute Gasteiger partial charge is 0.495 e. The summed E-state index contributed by atoms with van der Waals surface area (Å²) in [5.41, 5.74) is 0.593. The molecule has 1 amide bonds. The molecule has 3 rings (SSSR count). The fourth-order valence-electron chi connectivity index (χ4n) is 2.71. The number of aryl methyl sites for hydroxylation is 1. The van der Waals surface area contributed by atoms with Gasteiger partial charge in [-0.25, -0.2) is 8.42 Å². The monoisotopic (exact) mass is 414 g/mol. The molecule has 8 nitrogen and oxygen atoms in total. The molecule has 2 N–H and O–H groups in total. The first-order valence-corrected chi connectivity index (χ1v) is 10.5. The summed E-state index contributed by atoms with van der Waals surface area (Å²) in [6, 6.07) is 14.4. The highest BCUT2D eigenvalue weighted by molar-refractivity contribution is 7.92. The van der Waals surface area contributed by atoms with Gasteiger partial charge < -0.3 is 10.1 Å². The number of para-hydroxylation sites is 2. The van der Waals surface area contributed by atoms with Gasteiger partial charge in [-0.1, -0.05) is 18.2 Å². The Labute approximate surface area is 169 Å². The van der Waals surface area contributed by atoms with Crippen LogP contribution in [0, 0.1) is 0 Å². The number of carbonyl (C=O) groups is 1. The van der Waals surface area contributed by atoms with E-state index in [1.54, 1.807) is 41.2 Å². The van der Waals surface area contributed by atoms with Gasteiger partial charge in [-0.3, -0.25) is 14.2 Å². The highest BCUT2D eigenvalue weighted by atomic mass is 32.2. The van der Waals surface area contributed by atoms with Crippen molar-refractivity contribution >= 4 is 21.6 Å². The Bertz CT molecular complexity index is 1070. The van der Waals surface area contributed by atoms with Crippen LogP contribution in [0.5, 0.6) is 5.75 Å². The van der Waals surface area contributed by atoms with Gasteiger partial charge in [-0.15, -0.1) is 0 Å². The molecule has 0 aliphatic heterocycles. The summed E-state index contributed by atoms with van der Waals surface area (Å²) in [6.45, 7) is 1.14. The van der Waals surface area contributed by atoms with Crippen molar-refractivity contribution < 1.29 is 17.9 Å². The highest BCUT2D eigenvalue weighted by Gasteiger charge is 2.18. The molecular weight excluding hydrogens is 392 g/mol. The van der Waals surface area contributed by atoms with Gasteiger partial charge in [-0.05, 0) is 42.8 Å². The molecule has 29 heavy (non-hydrogen) atoms. The molecule has 152 valence electrons. The van der Waals surface area contributed by atoms with E-state index in [4.69, 9.17) is 4.74 Å². The van der Waals surface area contributed by atoms with Crippen molar-refractivity contribution in [3.05, 3.63) is 72.6 Å². The Balaban J connectivity index is 1.65. The first kappa shape index (κ1) is 20.4. The zero-order chi connectivity index (χ0) is 20.7. The van der Waals surface area contributed by atoms with E-state index in [1.807, 2.05) is 12.3 Å². The third kappa shape index (κ3) is 5.35. The number of hydrogen-bond donors (Lipinski definition) is 2. The fraction of sp³-hybridized carbons (Fsp3) is 0.200. The molecule has 0 saturated carbocycles. The lowest BCUT2D eigenvalue weighted by Gasteiger charge is -2.12. The molecule has 0 spiro atoms. The molecule has 1 aromatic heterocycles. The first-order chi connectivity index (χ1) is 14.0. The summed E-state index contributed by atoms with van der Waals surface area (Å²) in [7, 11) is -2.42. The van der Waals surface area contributed by atoms with Gasteiger partial charge in [0.1, 0.15) is 5.75 Å². The van der Waals surface area contributed by atoms with Crippen molar-refractivity contribution in [2.75, 3.05) is 18.4 Å². The number of hydrogen-bond acceptors (Lipinski definition) is 5. The quantitative estimate of drug-likeness (QED) is 0.524. The summed E-state index contributed by atoms with van der Waals surface area (Å²) in [6.07, 6.45) is 4.26. The third-order valence-corrected chi connectivity index (χ3v) is 5.53. The molecule has 0 bridgehead atoms. The van der Waals surface area contributed by atoms with Crippen LogP contribution in [0.25, 0.3) is 0 Å². The molecule has 0 atom stereocenters. The maximum atomic E-state index is 12.7. The van der Waals surface area contributed by atoms with Gasteiger partial charge in [0.15, 0.2) is 0 Å². The van der Waals surface area contributed by atoms with E-state index in [2.05, 4.69) is 15.1 Å². The van der Waals surface area contributed by atoms with E-state index < -0.39 is 10.0 Å². The van der Waals surface area contributed by atoms with Crippen molar-refractivity contribution in [1.29, 1.82) is 0 Å². The maximum Gasteiger partial charge on any atom is 0.262 e. The van der Waals surface area contributed by atoms with Crippen molar-refractivity contribution in [2.24, 2.45) is 0 Å². The van der Waals surface area contributed by atoms with Gasteiger partial charge in [0, 0.05) is 31.0 Å². The Morgan fingerprint density at radius 1 is 1.14 bits per heavy atom. The predicted molar refractivity (Wildman–Crippen MR) is 109 cm³/mol. The second kappa shape index (κ2) is 9.24. The normalized spacial score (nSPS) is 11.1. The van der Waals surface area contributed by atoms with Crippen LogP contribution in [0.4, 0.5) is 5.69 Å².